The van der Waals surface area contributed by atoms with Gasteiger partial charge >= 0.3 is 0 Å². The zero-order valence-corrected chi connectivity index (χ0v) is 18.8. The maximum absolute atomic E-state index is 12.9. The molecule has 0 unspecified atom stereocenters. The lowest BCUT2D eigenvalue weighted by molar-refractivity contribution is 0.0103. The maximum atomic E-state index is 12.9. The van der Waals surface area contributed by atoms with Crippen LogP contribution in [-0.2, 0) is 21.6 Å². The van der Waals surface area contributed by atoms with E-state index >= 15 is 0 Å². The SMILES string of the molecule is COc1ccc(Cl)cc1C(=O)N=c1sn(C(C)(C)C)cc1COC[C@H]1CCCO1. The molecule has 1 fully saturated rings. The minimum absolute atomic E-state index is 0.126. The Hall–Kier alpha value is -1.67. The number of benzene rings is 1. The van der Waals surface area contributed by atoms with Crippen LogP contribution in [0.5, 0.6) is 5.75 Å². The molecule has 0 bridgehead atoms. The van der Waals surface area contributed by atoms with E-state index < -0.39 is 5.91 Å². The van der Waals surface area contributed by atoms with Gasteiger partial charge in [-0.25, -0.2) is 0 Å². The molecule has 6 nitrogen and oxygen atoms in total. The van der Waals surface area contributed by atoms with Gasteiger partial charge in [-0.05, 0) is 63.3 Å². The number of hydrogen-bond donors (Lipinski definition) is 0. The quantitative estimate of drug-likeness (QED) is 0.670. The van der Waals surface area contributed by atoms with Crippen LogP contribution < -0.4 is 9.41 Å². The molecule has 8 heteroatoms. The van der Waals surface area contributed by atoms with E-state index in [2.05, 4.69) is 29.7 Å². The smallest absolute Gasteiger partial charge is 0.282 e. The highest BCUT2D eigenvalue weighted by Gasteiger charge is 2.19. The van der Waals surface area contributed by atoms with Crippen LogP contribution in [0.25, 0.3) is 0 Å². The first kappa shape index (κ1) is 22.0. The van der Waals surface area contributed by atoms with Crippen molar-refractivity contribution < 1.29 is 19.0 Å². The summed E-state index contributed by atoms with van der Waals surface area (Å²) < 4.78 is 19.5. The lowest BCUT2D eigenvalue weighted by atomic mass is 10.1. The first-order chi connectivity index (χ1) is 13.8. The van der Waals surface area contributed by atoms with Gasteiger partial charge in [0.25, 0.3) is 5.91 Å². The third kappa shape index (κ3) is 5.69. The number of carbonyl (C=O) groups excluding carboxylic acids is 1. The molecular formula is C21H27ClN2O4S. The topological polar surface area (TPSA) is 62.0 Å². The fourth-order valence-corrected chi connectivity index (χ4v) is 4.14. The van der Waals surface area contributed by atoms with Gasteiger partial charge in [-0.3, -0.25) is 8.75 Å². The van der Waals surface area contributed by atoms with Crippen molar-refractivity contribution in [1.29, 1.82) is 0 Å². The summed E-state index contributed by atoms with van der Waals surface area (Å²) in [5, 5.41) is 0.459. The van der Waals surface area contributed by atoms with Crippen molar-refractivity contribution in [1.82, 2.24) is 3.96 Å². The lowest BCUT2D eigenvalue weighted by Crippen LogP contribution is -2.18. The third-order valence-corrected chi connectivity index (χ3v) is 6.19. The van der Waals surface area contributed by atoms with Gasteiger partial charge in [0, 0.05) is 28.9 Å². The van der Waals surface area contributed by atoms with Crippen molar-refractivity contribution in [2.24, 2.45) is 4.99 Å². The van der Waals surface area contributed by atoms with E-state index in [1.807, 2.05) is 6.20 Å². The van der Waals surface area contributed by atoms with E-state index in [-0.39, 0.29) is 11.6 Å². The van der Waals surface area contributed by atoms with Crippen LogP contribution >= 0.6 is 23.1 Å². The fourth-order valence-electron chi connectivity index (χ4n) is 2.97. The minimum Gasteiger partial charge on any atom is -0.496 e. The van der Waals surface area contributed by atoms with E-state index in [9.17, 15) is 4.79 Å². The molecule has 29 heavy (non-hydrogen) atoms. The van der Waals surface area contributed by atoms with Crippen LogP contribution in [0.3, 0.4) is 0 Å². The second kappa shape index (κ2) is 9.43. The summed E-state index contributed by atoms with van der Waals surface area (Å²) in [6.45, 7) is 8.02. The average Bonchev–Trinajstić information content (AvgIpc) is 3.32. The van der Waals surface area contributed by atoms with Crippen molar-refractivity contribution in [2.75, 3.05) is 20.3 Å². The Labute approximate surface area is 180 Å². The molecule has 1 aliphatic rings. The molecule has 0 N–H and O–H groups in total. The maximum Gasteiger partial charge on any atom is 0.282 e. The molecule has 1 aliphatic heterocycles. The fraction of sp³-hybridized carbons (Fsp3) is 0.524. The van der Waals surface area contributed by atoms with E-state index in [0.29, 0.717) is 34.2 Å². The summed E-state index contributed by atoms with van der Waals surface area (Å²) in [6, 6.07) is 4.92. The lowest BCUT2D eigenvalue weighted by Gasteiger charge is -2.19. The molecule has 1 saturated heterocycles. The normalized spacial score (nSPS) is 17.7. The van der Waals surface area contributed by atoms with Gasteiger partial charge in [-0.1, -0.05) is 11.6 Å². The monoisotopic (exact) mass is 438 g/mol. The van der Waals surface area contributed by atoms with Crippen LogP contribution in [0.1, 0.15) is 49.5 Å². The van der Waals surface area contributed by atoms with Gasteiger partial charge in [-0.15, -0.1) is 0 Å². The van der Waals surface area contributed by atoms with E-state index in [4.69, 9.17) is 25.8 Å². The molecule has 1 atom stereocenters. The second-order valence-electron chi connectivity index (χ2n) is 7.96. The molecule has 0 saturated carbocycles. The summed E-state index contributed by atoms with van der Waals surface area (Å²) in [6.07, 6.45) is 4.26. The molecule has 158 valence electrons. The molecule has 1 aromatic carbocycles. The van der Waals surface area contributed by atoms with Crippen molar-refractivity contribution in [2.45, 2.75) is 51.9 Å². The zero-order chi connectivity index (χ0) is 21.0. The van der Waals surface area contributed by atoms with Crippen LogP contribution in [0.2, 0.25) is 5.02 Å². The van der Waals surface area contributed by atoms with Crippen LogP contribution in [0, 0.1) is 0 Å². The average molecular weight is 439 g/mol. The molecule has 2 aromatic rings. The standard InChI is InChI=1S/C21H27ClN2O4S/c1-21(2,3)24-11-14(12-27-13-16-6-5-9-28-16)20(29-24)23-19(25)17-10-15(22)7-8-18(17)26-4/h7-8,10-11,16H,5-6,9,12-13H2,1-4H3/t16-/m1/s1. The number of amides is 1. The molecule has 0 aliphatic carbocycles. The van der Waals surface area contributed by atoms with E-state index in [1.165, 1.54) is 18.6 Å². The van der Waals surface area contributed by atoms with Gasteiger partial charge in [0.1, 0.15) is 10.4 Å². The first-order valence-corrected chi connectivity index (χ1v) is 10.8. The molecule has 3 rings (SSSR count). The van der Waals surface area contributed by atoms with Gasteiger partial charge in [0.15, 0.2) is 0 Å². The Kier molecular flexibility index (Phi) is 7.16. The highest BCUT2D eigenvalue weighted by atomic mass is 35.5. The Bertz CT molecular complexity index is 923. The Morgan fingerprint density at radius 3 is 2.86 bits per heavy atom. The van der Waals surface area contributed by atoms with E-state index in [1.54, 1.807) is 18.2 Å². The summed E-state index contributed by atoms with van der Waals surface area (Å²) >= 11 is 7.50. The molecule has 0 radical (unpaired) electrons. The van der Waals surface area contributed by atoms with Gasteiger partial charge in [0.2, 0.25) is 0 Å². The van der Waals surface area contributed by atoms with Crippen molar-refractivity contribution in [3.05, 3.63) is 45.2 Å². The predicted octanol–water partition coefficient (Wildman–Crippen LogP) is 4.40. The van der Waals surface area contributed by atoms with Crippen LogP contribution in [0.15, 0.2) is 29.4 Å². The third-order valence-electron chi connectivity index (χ3n) is 4.57. The van der Waals surface area contributed by atoms with Gasteiger partial charge < -0.3 is 14.2 Å². The Balaban J connectivity index is 1.88. The van der Waals surface area contributed by atoms with Crippen LogP contribution in [0.4, 0.5) is 0 Å². The van der Waals surface area contributed by atoms with Gasteiger partial charge in [-0.2, -0.15) is 4.99 Å². The minimum atomic E-state index is -0.396. The summed E-state index contributed by atoms with van der Waals surface area (Å²) in [5.74, 6) is 0.0484. The molecule has 1 aromatic heterocycles. The Morgan fingerprint density at radius 2 is 2.21 bits per heavy atom. The number of methoxy groups -OCH3 is 1. The molecular weight excluding hydrogens is 412 g/mol. The largest absolute Gasteiger partial charge is 0.496 e. The number of rotatable bonds is 6. The van der Waals surface area contributed by atoms with Crippen LogP contribution in [-0.4, -0.2) is 36.3 Å². The van der Waals surface area contributed by atoms with Crippen molar-refractivity contribution >= 4 is 29.0 Å². The summed E-state index contributed by atoms with van der Waals surface area (Å²) in [4.78, 5) is 17.2. The highest BCUT2D eigenvalue weighted by molar-refractivity contribution is 7.04. The van der Waals surface area contributed by atoms with Gasteiger partial charge in [0.05, 0.1) is 32.0 Å². The molecule has 1 amide bonds. The van der Waals surface area contributed by atoms with Crippen molar-refractivity contribution in [3.63, 3.8) is 0 Å². The molecule has 0 spiro atoms. The number of hydrogen-bond acceptors (Lipinski definition) is 5. The summed E-state index contributed by atoms with van der Waals surface area (Å²) in [5.41, 5.74) is 1.08. The number of halogens is 1. The molecule has 2 heterocycles. The number of ether oxygens (including phenoxy) is 3. The second-order valence-corrected chi connectivity index (χ2v) is 9.36. The summed E-state index contributed by atoms with van der Waals surface area (Å²) in [7, 11) is 1.52. The van der Waals surface area contributed by atoms with Crippen molar-refractivity contribution in [3.8, 4) is 5.75 Å². The number of carbonyl (C=O) groups is 1. The zero-order valence-electron chi connectivity index (χ0n) is 17.2. The predicted molar refractivity (Wildman–Crippen MR) is 114 cm³/mol. The Morgan fingerprint density at radius 1 is 1.41 bits per heavy atom. The highest BCUT2D eigenvalue weighted by Crippen LogP contribution is 2.24. The number of aromatic nitrogens is 1. The number of nitrogens with zero attached hydrogens (tertiary/aromatic N) is 2. The first-order valence-electron chi connectivity index (χ1n) is 9.62. The van der Waals surface area contributed by atoms with E-state index in [0.717, 1.165) is 25.0 Å².